The number of aromatic nitrogens is 2. The molecule has 2 heterocycles. The first-order valence-corrected chi connectivity index (χ1v) is 10.3. The van der Waals surface area contributed by atoms with Crippen molar-refractivity contribution >= 4 is 40.0 Å². The molecule has 0 bridgehead atoms. The number of hydrogen-bond acceptors (Lipinski definition) is 9. The molecule has 0 spiro atoms. The summed E-state index contributed by atoms with van der Waals surface area (Å²) in [5, 5.41) is 14.3. The summed E-state index contributed by atoms with van der Waals surface area (Å²) in [5.41, 5.74) is 1.11. The smallest absolute Gasteiger partial charge is 0.341 e. The summed E-state index contributed by atoms with van der Waals surface area (Å²) in [5.74, 6) is -0.846. The maximum absolute atomic E-state index is 12.4. The first kappa shape index (κ1) is 21.4. The van der Waals surface area contributed by atoms with Crippen molar-refractivity contribution < 1.29 is 24.2 Å². The Balaban J connectivity index is 1.79. The summed E-state index contributed by atoms with van der Waals surface area (Å²) >= 11 is 2.13. The van der Waals surface area contributed by atoms with E-state index in [1.807, 2.05) is 0 Å². The quantitative estimate of drug-likeness (QED) is 0.286. The normalized spacial score (nSPS) is 10.5. The lowest BCUT2D eigenvalue weighted by Gasteiger charge is -2.08. The number of aromatic amines is 1. The first-order valence-electron chi connectivity index (χ1n) is 8.48. The van der Waals surface area contributed by atoms with Gasteiger partial charge in [0.05, 0.1) is 26.0 Å². The number of esters is 1. The Morgan fingerprint density at radius 2 is 2.00 bits per heavy atom. The van der Waals surface area contributed by atoms with Crippen LogP contribution < -0.4 is 15.6 Å². The second-order valence-electron chi connectivity index (χ2n) is 5.82. The third-order valence-electron chi connectivity index (χ3n) is 3.88. The van der Waals surface area contributed by atoms with Gasteiger partial charge >= 0.3 is 5.97 Å². The molecule has 0 aliphatic rings. The van der Waals surface area contributed by atoms with Gasteiger partial charge in [0, 0.05) is 10.9 Å². The molecule has 3 N–H and O–H groups in total. The lowest BCUT2D eigenvalue weighted by molar-refractivity contribution is -0.113. The van der Waals surface area contributed by atoms with Crippen molar-refractivity contribution in [1.82, 2.24) is 9.97 Å². The molecule has 2 aromatic heterocycles. The maximum atomic E-state index is 12.4. The number of anilines is 1. The Labute approximate surface area is 179 Å². The number of ether oxygens (including phenoxy) is 2. The molecular formula is C19H17N3O6S2. The molecule has 0 saturated carbocycles. The molecule has 0 fully saturated rings. The molecule has 156 valence electrons. The van der Waals surface area contributed by atoms with Gasteiger partial charge in [-0.25, -0.2) is 4.79 Å². The van der Waals surface area contributed by atoms with Gasteiger partial charge in [-0.3, -0.25) is 9.59 Å². The molecule has 9 nitrogen and oxygen atoms in total. The number of thioether (sulfide) groups is 1. The minimum atomic E-state index is -0.580. The Kier molecular flexibility index (Phi) is 6.75. The average molecular weight is 447 g/mol. The number of benzene rings is 1. The largest absolute Gasteiger partial charge is 0.497 e. The van der Waals surface area contributed by atoms with Gasteiger partial charge in [0.2, 0.25) is 11.8 Å². The molecule has 0 saturated heterocycles. The number of nitrogens with one attached hydrogen (secondary N) is 2. The van der Waals surface area contributed by atoms with Crippen LogP contribution in [0.4, 0.5) is 5.00 Å². The van der Waals surface area contributed by atoms with Crippen LogP contribution in [-0.4, -0.2) is 46.9 Å². The molecule has 1 amide bonds. The zero-order chi connectivity index (χ0) is 21.7. The van der Waals surface area contributed by atoms with Gasteiger partial charge in [0.25, 0.3) is 5.56 Å². The monoisotopic (exact) mass is 447 g/mol. The van der Waals surface area contributed by atoms with Crippen LogP contribution >= 0.6 is 23.1 Å². The minimum absolute atomic E-state index is 0.0945. The van der Waals surface area contributed by atoms with E-state index >= 15 is 0 Å². The minimum Gasteiger partial charge on any atom is -0.497 e. The molecule has 11 heteroatoms. The number of rotatable bonds is 7. The lowest BCUT2D eigenvalue weighted by Crippen LogP contribution is -2.16. The van der Waals surface area contributed by atoms with Crippen LogP contribution in [0.1, 0.15) is 10.4 Å². The predicted molar refractivity (Wildman–Crippen MR) is 114 cm³/mol. The second kappa shape index (κ2) is 9.46. The Hall–Kier alpha value is -3.31. The maximum Gasteiger partial charge on any atom is 0.341 e. The third-order valence-corrected chi connectivity index (χ3v) is 5.65. The molecule has 0 atom stereocenters. The number of carbonyl (C=O) groups excluding carboxylic acids is 2. The highest BCUT2D eigenvalue weighted by Crippen LogP contribution is 2.36. The van der Waals surface area contributed by atoms with Gasteiger partial charge in [-0.15, -0.1) is 11.3 Å². The summed E-state index contributed by atoms with van der Waals surface area (Å²) in [4.78, 5) is 42.2. The molecule has 0 aliphatic heterocycles. The number of carbonyl (C=O) groups is 2. The molecule has 0 unspecified atom stereocenters. The number of nitrogens with zero attached hydrogens (tertiary/aromatic N) is 1. The fourth-order valence-corrected chi connectivity index (χ4v) is 4.17. The number of H-pyrrole nitrogens is 1. The first-order chi connectivity index (χ1) is 14.4. The van der Waals surface area contributed by atoms with Gasteiger partial charge in [-0.1, -0.05) is 23.9 Å². The average Bonchev–Trinajstić information content (AvgIpc) is 3.14. The van der Waals surface area contributed by atoms with Gasteiger partial charge < -0.3 is 24.9 Å². The van der Waals surface area contributed by atoms with E-state index in [1.54, 1.807) is 36.8 Å². The molecule has 1 aromatic carbocycles. The van der Waals surface area contributed by atoms with Crippen molar-refractivity contribution in [3.8, 4) is 22.8 Å². The van der Waals surface area contributed by atoms with Crippen LogP contribution in [0.2, 0.25) is 0 Å². The van der Waals surface area contributed by atoms with Crippen LogP contribution in [-0.2, 0) is 9.53 Å². The summed E-state index contributed by atoms with van der Waals surface area (Å²) in [6, 6.07) is 8.08. The van der Waals surface area contributed by atoms with Crippen molar-refractivity contribution in [2.45, 2.75) is 5.16 Å². The summed E-state index contributed by atoms with van der Waals surface area (Å²) in [6.07, 6.45) is 0. The zero-order valence-electron chi connectivity index (χ0n) is 15.9. The van der Waals surface area contributed by atoms with E-state index < -0.39 is 23.3 Å². The van der Waals surface area contributed by atoms with E-state index in [-0.39, 0.29) is 16.5 Å². The van der Waals surface area contributed by atoms with E-state index in [4.69, 9.17) is 9.47 Å². The predicted octanol–water partition coefficient (Wildman–Crippen LogP) is 2.73. The van der Waals surface area contributed by atoms with Crippen molar-refractivity contribution in [2.24, 2.45) is 0 Å². The summed E-state index contributed by atoms with van der Waals surface area (Å²) in [7, 11) is 2.83. The van der Waals surface area contributed by atoms with Crippen molar-refractivity contribution in [1.29, 1.82) is 0 Å². The number of aromatic hydroxyl groups is 1. The third kappa shape index (κ3) is 4.99. The van der Waals surface area contributed by atoms with Crippen LogP contribution in [0.15, 0.2) is 45.7 Å². The molecule has 3 rings (SSSR count). The van der Waals surface area contributed by atoms with E-state index in [0.717, 1.165) is 23.4 Å². The summed E-state index contributed by atoms with van der Waals surface area (Å²) in [6.45, 7) is 0. The summed E-state index contributed by atoms with van der Waals surface area (Å²) < 4.78 is 10.0. The van der Waals surface area contributed by atoms with Crippen molar-refractivity contribution in [2.75, 3.05) is 25.3 Å². The number of amides is 1. The van der Waals surface area contributed by atoms with Crippen molar-refractivity contribution in [3.05, 3.63) is 51.6 Å². The lowest BCUT2D eigenvalue weighted by atomic mass is 10.0. The topological polar surface area (TPSA) is 131 Å². The second-order valence-corrected chi connectivity index (χ2v) is 7.66. The van der Waals surface area contributed by atoms with Gasteiger partial charge in [0.15, 0.2) is 5.16 Å². The molecule has 0 radical (unpaired) electrons. The molecular weight excluding hydrogens is 430 g/mol. The van der Waals surface area contributed by atoms with Crippen molar-refractivity contribution in [3.63, 3.8) is 0 Å². The standard InChI is InChI=1S/C19H17N3O6S2/c1-27-11-5-3-10(4-6-11)12-8-29-17(16(12)18(26)28-2)20-15(25)9-30-19-21-13(23)7-14(24)22-19/h3-8H,9H2,1-2H3,(H,20,25)(H2,21,22,23,24). The molecule has 0 aliphatic carbocycles. The van der Waals surface area contributed by atoms with E-state index in [2.05, 4.69) is 15.3 Å². The van der Waals surface area contributed by atoms with E-state index in [0.29, 0.717) is 16.3 Å². The van der Waals surface area contributed by atoms with Gasteiger partial charge in [-0.05, 0) is 17.7 Å². The fraction of sp³-hybridized carbons (Fsp3) is 0.158. The van der Waals surface area contributed by atoms with Gasteiger partial charge in [0.1, 0.15) is 16.3 Å². The Morgan fingerprint density at radius 1 is 1.27 bits per heavy atom. The highest BCUT2D eigenvalue weighted by molar-refractivity contribution is 7.99. The van der Waals surface area contributed by atoms with Crippen LogP contribution in [0, 0.1) is 0 Å². The van der Waals surface area contributed by atoms with Crippen LogP contribution in [0.5, 0.6) is 11.6 Å². The Morgan fingerprint density at radius 3 is 2.63 bits per heavy atom. The van der Waals surface area contributed by atoms with E-state index in [9.17, 15) is 19.5 Å². The highest BCUT2D eigenvalue weighted by atomic mass is 32.2. The Bertz CT molecular complexity index is 1120. The van der Waals surface area contributed by atoms with Crippen LogP contribution in [0.3, 0.4) is 0 Å². The fourth-order valence-electron chi connectivity index (χ4n) is 2.53. The highest BCUT2D eigenvalue weighted by Gasteiger charge is 2.22. The molecule has 30 heavy (non-hydrogen) atoms. The number of methoxy groups -OCH3 is 2. The molecule has 3 aromatic rings. The number of hydrogen-bond donors (Lipinski definition) is 3. The number of thiophene rings is 1. The zero-order valence-corrected chi connectivity index (χ0v) is 17.6. The SMILES string of the molecule is COC(=O)c1c(-c2ccc(OC)cc2)csc1NC(=O)CSc1nc(O)cc(=O)[nH]1. The van der Waals surface area contributed by atoms with Crippen LogP contribution in [0.25, 0.3) is 11.1 Å². The van der Waals surface area contributed by atoms with Gasteiger partial charge in [-0.2, -0.15) is 4.98 Å². The van der Waals surface area contributed by atoms with E-state index in [1.165, 1.54) is 18.4 Å².